The van der Waals surface area contributed by atoms with Gasteiger partial charge in [0.15, 0.2) is 0 Å². The highest BCUT2D eigenvalue weighted by Crippen LogP contribution is 2.18. The van der Waals surface area contributed by atoms with Crippen molar-refractivity contribution in [2.45, 2.75) is 13.5 Å². The Morgan fingerprint density at radius 1 is 1.50 bits per heavy atom. The van der Waals surface area contributed by atoms with Crippen LogP contribution in [0.5, 0.6) is 0 Å². The zero-order valence-electron chi connectivity index (χ0n) is 8.74. The average Bonchev–Trinajstić information content (AvgIpc) is 2.53. The lowest BCUT2D eigenvalue weighted by Gasteiger charge is -2.06. The quantitative estimate of drug-likeness (QED) is 0.819. The normalized spacial score (nSPS) is 10.7. The van der Waals surface area contributed by atoms with Gasteiger partial charge in [0.05, 0.1) is 17.3 Å². The minimum atomic E-state index is -0.329. The maximum absolute atomic E-state index is 13.5. The van der Waals surface area contributed by atoms with E-state index in [-0.39, 0.29) is 12.4 Å². The predicted molar refractivity (Wildman–Crippen MR) is 61.9 cm³/mol. The number of aryl methyl sites for hydroxylation is 1. The summed E-state index contributed by atoms with van der Waals surface area (Å²) in [7, 11) is 0. The number of nitrogens with two attached hydrogens (primary N) is 1. The van der Waals surface area contributed by atoms with Crippen molar-refractivity contribution in [2.24, 2.45) is 0 Å². The molecule has 2 aromatic rings. The van der Waals surface area contributed by atoms with Gasteiger partial charge < -0.3 is 5.73 Å². The van der Waals surface area contributed by atoms with Crippen LogP contribution in [-0.2, 0) is 6.54 Å². The van der Waals surface area contributed by atoms with Gasteiger partial charge in [-0.25, -0.2) is 4.39 Å². The molecule has 16 heavy (non-hydrogen) atoms. The fourth-order valence-corrected chi connectivity index (χ4v) is 1.63. The third-order valence-electron chi connectivity index (χ3n) is 2.36. The zero-order valence-corrected chi connectivity index (χ0v) is 9.50. The molecule has 0 amide bonds. The minimum absolute atomic E-state index is 0.284. The lowest BCUT2D eigenvalue weighted by Crippen LogP contribution is -2.06. The summed E-state index contributed by atoms with van der Waals surface area (Å²) in [5.74, 6) is -0.329. The Kier molecular flexibility index (Phi) is 2.83. The topological polar surface area (TPSA) is 43.8 Å². The molecule has 0 saturated heterocycles. The predicted octanol–water partition coefficient (Wildman–Crippen LogP) is 2.61. The third-order valence-corrected chi connectivity index (χ3v) is 2.73. The van der Waals surface area contributed by atoms with Gasteiger partial charge in [-0.3, -0.25) is 4.68 Å². The van der Waals surface area contributed by atoms with Crippen molar-refractivity contribution >= 4 is 17.3 Å². The molecule has 1 aromatic heterocycles. The first-order valence-electron chi connectivity index (χ1n) is 4.80. The van der Waals surface area contributed by atoms with Crippen molar-refractivity contribution in [3.63, 3.8) is 0 Å². The first-order chi connectivity index (χ1) is 7.58. The Labute approximate surface area is 97.6 Å². The van der Waals surface area contributed by atoms with Crippen LogP contribution in [0, 0.1) is 12.7 Å². The number of aromatic nitrogens is 2. The van der Waals surface area contributed by atoms with E-state index < -0.39 is 0 Å². The molecule has 1 heterocycles. The van der Waals surface area contributed by atoms with Crippen LogP contribution in [-0.4, -0.2) is 9.78 Å². The van der Waals surface area contributed by atoms with Gasteiger partial charge >= 0.3 is 0 Å². The van der Waals surface area contributed by atoms with Gasteiger partial charge in [0.25, 0.3) is 0 Å². The molecule has 0 bridgehead atoms. The Balaban J connectivity index is 2.33. The Morgan fingerprint density at radius 2 is 2.25 bits per heavy atom. The number of rotatable bonds is 2. The van der Waals surface area contributed by atoms with E-state index in [9.17, 15) is 4.39 Å². The van der Waals surface area contributed by atoms with Gasteiger partial charge in [-0.1, -0.05) is 17.7 Å². The molecule has 0 unspecified atom stereocenters. The smallest absolute Gasteiger partial charge is 0.130 e. The van der Waals surface area contributed by atoms with Gasteiger partial charge in [0, 0.05) is 17.4 Å². The Bertz CT molecular complexity index is 482. The monoisotopic (exact) mass is 239 g/mol. The van der Waals surface area contributed by atoms with Crippen LogP contribution in [0.3, 0.4) is 0 Å². The van der Waals surface area contributed by atoms with Crippen LogP contribution in [0.1, 0.15) is 11.3 Å². The van der Waals surface area contributed by atoms with Crippen LogP contribution in [0.2, 0.25) is 5.02 Å². The van der Waals surface area contributed by atoms with Gasteiger partial charge in [0.1, 0.15) is 5.82 Å². The lowest BCUT2D eigenvalue weighted by molar-refractivity contribution is 0.585. The summed E-state index contributed by atoms with van der Waals surface area (Å²) in [4.78, 5) is 0. The summed E-state index contributed by atoms with van der Waals surface area (Å²) in [5, 5.41) is 4.71. The summed E-state index contributed by atoms with van der Waals surface area (Å²) in [5.41, 5.74) is 7.27. The third kappa shape index (κ3) is 2.02. The van der Waals surface area contributed by atoms with Crippen molar-refractivity contribution in [3.8, 4) is 0 Å². The summed E-state index contributed by atoms with van der Waals surface area (Å²) in [6.45, 7) is 2.08. The molecule has 1 aromatic carbocycles. The van der Waals surface area contributed by atoms with Crippen LogP contribution in [0.15, 0.2) is 24.4 Å². The van der Waals surface area contributed by atoms with E-state index in [1.807, 2.05) is 0 Å². The molecule has 5 heteroatoms. The van der Waals surface area contributed by atoms with E-state index in [2.05, 4.69) is 5.10 Å². The minimum Gasteiger partial charge on any atom is -0.398 e. The molecule has 0 radical (unpaired) electrons. The number of benzene rings is 1. The van der Waals surface area contributed by atoms with Crippen molar-refractivity contribution in [2.75, 3.05) is 5.73 Å². The second-order valence-electron chi connectivity index (χ2n) is 3.57. The summed E-state index contributed by atoms with van der Waals surface area (Å²) in [6.07, 6.45) is 1.66. The summed E-state index contributed by atoms with van der Waals surface area (Å²) >= 11 is 5.87. The van der Waals surface area contributed by atoms with Gasteiger partial charge in [-0.2, -0.15) is 5.10 Å². The fraction of sp³-hybridized carbons (Fsp3) is 0.182. The molecule has 0 aliphatic rings. The summed E-state index contributed by atoms with van der Waals surface area (Å²) < 4.78 is 15.1. The highest BCUT2D eigenvalue weighted by atomic mass is 35.5. The Morgan fingerprint density at radius 3 is 2.81 bits per heavy atom. The second-order valence-corrected chi connectivity index (χ2v) is 3.97. The van der Waals surface area contributed by atoms with Crippen LogP contribution >= 0.6 is 11.6 Å². The highest BCUT2D eigenvalue weighted by molar-refractivity contribution is 6.31. The number of nitrogens with zero attached hydrogens (tertiary/aromatic N) is 2. The van der Waals surface area contributed by atoms with E-state index in [0.29, 0.717) is 16.3 Å². The first-order valence-corrected chi connectivity index (χ1v) is 5.18. The van der Waals surface area contributed by atoms with Crippen molar-refractivity contribution in [3.05, 3.63) is 46.5 Å². The number of hydrogen-bond acceptors (Lipinski definition) is 2. The van der Waals surface area contributed by atoms with Crippen LogP contribution < -0.4 is 5.73 Å². The highest BCUT2D eigenvalue weighted by Gasteiger charge is 2.08. The maximum Gasteiger partial charge on any atom is 0.130 e. The molecule has 0 spiro atoms. The molecular weight excluding hydrogens is 229 g/mol. The average molecular weight is 240 g/mol. The Hall–Kier alpha value is -1.55. The number of nitrogen functional groups attached to an aromatic ring is 1. The van der Waals surface area contributed by atoms with Gasteiger partial charge in [0.2, 0.25) is 0 Å². The van der Waals surface area contributed by atoms with E-state index in [1.54, 1.807) is 29.9 Å². The molecule has 0 aliphatic carbocycles. The van der Waals surface area contributed by atoms with Crippen molar-refractivity contribution in [1.29, 1.82) is 0 Å². The molecule has 0 saturated carbocycles. The van der Waals surface area contributed by atoms with Crippen molar-refractivity contribution < 1.29 is 4.39 Å². The molecule has 84 valence electrons. The van der Waals surface area contributed by atoms with Crippen LogP contribution in [0.25, 0.3) is 0 Å². The molecule has 0 fully saturated rings. The second kappa shape index (κ2) is 4.14. The number of halogens is 2. The van der Waals surface area contributed by atoms with Crippen LogP contribution in [0.4, 0.5) is 10.1 Å². The lowest BCUT2D eigenvalue weighted by atomic mass is 10.1. The first kappa shape index (κ1) is 11.0. The molecule has 2 rings (SSSR count). The molecule has 0 atom stereocenters. The van der Waals surface area contributed by atoms with Crippen molar-refractivity contribution in [1.82, 2.24) is 9.78 Å². The van der Waals surface area contributed by atoms with E-state index in [0.717, 1.165) is 5.69 Å². The SMILES string of the molecule is Cc1nn(Cc2c(N)cccc2F)cc1Cl. The fourth-order valence-electron chi connectivity index (χ4n) is 1.48. The van der Waals surface area contributed by atoms with E-state index >= 15 is 0 Å². The van der Waals surface area contributed by atoms with Gasteiger partial charge in [-0.15, -0.1) is 0 Å². The standard InChI is InChI=1S/C11H11ClFN3/c1-7-9(12)6-16(15-7)5-8-10(13)3-2-4-11(8)14/h2-4,6H,5,14H2,1H3. The largest absolute Gasteiger partial charge is 0.398 e. The molecule has 2 N–H and O–H groups in total. The molecular formula is C11H11ClFN3. The zero-order chi connectivity index (χ0) is 11.7. The van der Waals surface area contributed by atoms with E-state index in [1.165, 1.54) is 6.07 Å². The van der Waals surface area contributed by atoms with E-state index in [4.69, 9.17) is 17.3 Å². The molecule has 3 nitrogen and oxygen atoms in total. The summed E-state index contributed by atoms with van der Waals surface area (Å²) in [6, 6.07) is 4.62. The number of hydrogen-bond donors (Lipinski definition) is 1. The van der Waals surface area contributed by atoms with Gasteiger partial charge in [-0.05, 0) is 19.1 Å². The molecule has 0 aliphatic heterocycles. The number of anilines is 1. The maximum atomic E-state index is 13.5.